The van der Waals surface area contributed by atoms with Crippen molar-refractivity contribution in [1.29, 1.82) is 0 Å². The van der Waals surface area contributed by atoms with Gasteiger partial charge in [0.2, 0.25) is 5.89 Å². The molecule has 0 aliphatic rings. The second-order valence-electron chi connectivity index (χ2n) is 6.07. The molecular weight excluding hydrogens is 358 g/mol. The molecule has 0 saturated heterocycles. The maximum absolute atomic E-state index is 12.6. The molecule has 28 heavy (non-hydrogen) atoms. The zero-order valence-corrected chi connectivity index (χ0v) is 16.2. The van der Waals surface area contributed by atoms with Crippen LogP contribution in [-0.4, -0.2) is 31.6 Å². The fourth-order valence-electron chi connectivity index (χ4n) is 2.88. The number of rotatable bonds is 9. The Morgan fingerprint density at radius 1 is 1.04 bits per heavy atom. The normalized spacial score (nSPS) is 10.5. The largest absolute Gasteiger partial charge is 0.493 e. The van der Waals surface area contributed by atoms with Crippen molar-refractivity contribution in [3.05, 3.63) is 60.0 Å². The summed E-state index contributed by atoms with van der Waals surface area (Å²) in [6, 6.07) is 12.7. The van der Waals surface area contributed by atoms with Crippen LogP contribution in [-0.2, 0) is 6.42 Å². The number of nitrogens with zero attached hydrogens (tertiary/aromatic N) is 1. The summed E-state index contributed by atoms with van der Waals surface area (Å²) in [6.07, 6.45) is 2.38. The zero-order valence-electron chi connectivity index (χ0n) is 16.2. The molecular formula is C22H23NO5. The maximum atomic E-state index is 12.6. The first-order chi connectivity index (χ1) is 13.7. The lowest BCUT2D eigenvalue weighted by atomic mass is 10.0. The number of aryl methyl sites for hydroxylation is 1. The van der Waals surface area contributed by atoms with Crippen molar-refractivity contribution in [2.24, 2.45) is 0 Å². The molecule has 0 unspecified atom stereocenters. The highest BCUT2D eigenvalue weighted by molar-refractivity contribution is 5.98. The van der Waals surface area contributed by atoms with Gasteiger partial charge in [-0.25, -0.2) is 4.98 Å². The third-order valence-corrected chi connectivity index (χ3v) is 4.28. The van der Waals surface area contributed by atoms with Crippen molar-refractivity contribution in [3.8, 4) is 28.7 Å². The van der Waals surface area contributed by atoms with Gasteiger partial charge in [0.1, 0.15) is 12.0 Å². The molecule has 3 rings (SSSR count). The van der Waals surface area contributed by atoms with Gasteiger partial charge in [-0.15, -0.1) is 0 Å². The molecule has 146 valence electrons. The predicted octanol–water partition coefficient (Wildman–Crippen LogP) is 4.57. The number of aromatic nitrogens is 1. The number of carbonyl (C=O) groups excluding carboxylic acids is 1. The number of Topliss-reactive ketones (excluding diaryl/α,β-unsaturated/α-hetero) is 1. The summed E-state index contributed by atoms with van der Waals surface area (Å²) in [5.74, 6) is 2.33. The second kappa shape index (κ2) is 9.08. The van der Waals surface area contributed by atoms with Crippen LogP contribution in [0.4, 0.5) is 0 Å². The average molecular weight is 381 g/mol. The van der Waals surface area contributed by atoms with E-state index in [-0.39, 0.29) is 5.78 Å². The van der Waals surface area contributed by atoms with Crippen LogP contribution in [0.2, 0.25) is 0 Å². The van der Waals surface area contributed by atoms with E-state index in [0.29, 0.717) is 53.8 Å². The number of para-hydroxylation sites is 1. The summed E-state index contributed by atoms with van der Waals surface area (Å²) in [6.45, 7) is 2.41. The Hall–Kier alpha value is -3.28. The minimum Gasteiger partial charge on any atom is -0.493 e. The molecule has 0 aliphatic carbocycles. The minimum atomic E-state index is 0.0136. The molecule has 3 aromatic rings. The number of hydrogen-bond acceptors (Lipinski definition) is 6. The van der Waals surface area contributed by atoms with E-state index in [1.807, 2.05) is 31.2 Å². The van der Waals surface area contributed by atoms with Crippen molar-refractivity contribution in [3.63, 3.8) is 0 Å². The first-order valence-electron chi connectivity index (χ1n) is 9.08. The number of oxazole rings is 1. The SMILES string of the molecule is CCOc1ccccc1C(=O)CCc1coc(-c2ccc(OC)c(OC)c2)n1. The summed E-state index contributed by atoms with van der Waals surface area (Å²) < 4.78 is 21.7. The van der Waals surface area contributed by atoms with Crippen molar-refractivity contribution < 1.29 is 23.4 Å². The summed E-state index contributed by atoms with van der Waals surface area (Å²) in [5.41, 5.74) is 2.08. The van der Waals surface area contributed by atoms with Gasteiger partial charge in [-0.1, -0.05) is 12.1 Å². The minimum absolute atomic E-state index is 0.0136. The highest BCUT2D eigenvalue weighted by atomic mass is 16.5. The van der Waals surface area contributed by atoms with Crippen LogP contribution in [0.15, 0.2) is 53.1 Å². The van der Waals surface area contributed by atoms with Crippen LogP contribution < -0.4 is 14.2 Å². The lowest BCUT2D eigenvalue weighted by Gasteiger charge is -2.08. The molecule has 0 spiro atoms. The fraction of sp³-hybridized carbons (Fsp3) is 0.273. The smallest absolute Gasteiger partial charge is 0.226 e. The van der Waals surface area contributed by atoms with E-state index in [1.165, 1.54) is 0 Å². The first kappa shape index (κ1) is 19.5. The third kappa shape index (κ3) is 4.34. The van der Waals surface area contributed by atoms with E-state index >= 15 is 0 Å². The maximum Gasteiger partial charge on any atom is 0.226 e. The standard InChI is InChI=1S/C22H23NO5/c1-4-27-19-8-6-5-7-17(19)18(24)11-10-16-14-28-22(23-16)15-9-12-20(25-2)21(13-15)26-3/h5-9,12-14H,4,10-11H2,1-3H3. The molecule has 0 bridgehead atoms. The van der Waals surface area contributed by atoms with Crippen LogP contribution >= 0.6 is 0 Å². The molecule has 0 fully saturated rings. The second-order valence-corrected chi connectivity index (χ2v) is 6.07. The van der Waals surface area contributed by atoms with Crippen LogP contribution in [0.5, 0.6) is 17.2 Å². The lowest BCUT2D eigenvalue weighted by molar-refractivity contribution is 0.0979. The van der Waals surface area contributed by atoms with Gasteiger partial charge in [0.05, 0.1) is 32.1 Å². The van der Waals surface area contributed by atoms with Crippen molar-refractivity contribution in [1.82, 2.24) is 4.98 Å². The molecule has 0 saturated carbocycles. The molecule has 6 heteroatoms. The molecule has 2 aromatic carbocycles. The predicted molar refractivity (Wildman–Crippen MR) is 105 cm³/mol. The van der Waals surface area contributed by atoms with E-state index in [0.717, 1.165) is 5.56 Å². The Balaban J connectivity index is 1.69. The molecule has 0 amide bonds. The van der Waals surface area contributed by atoms with Crippen molar-refractivity contribution in [2.75, 3.05) is 20.8 Å². The Labute approximate surface area is 164 Å². The Morgan fingerprint density at radius 3 is 2.57 bits per heavy atom. The molecule has 0 aliphatic heterocycles. The van der Waals surface area contributed by atoms with Gasteiger partial charge in [-0.3, -0.25) is 4.79 Å². The molecule has 6 nitrogen and oxygen atoms in total. The van der Waals surface area contributed by atoms with Gasteiger partial charge < -0.3 is 18.6 Å². The van der Waals surface area contributed by atoms with Gasteiger partial charge >= 0.3 is 0 Å². The molecule has 0 radical (unpaired) electrons. The summed E-state index contributed by atoms with van der Waals surface area (Å²) in [5, 5.41) is 0. The number of hydrogen-bond donors (Lipinski definition) is 0. The van der Waals surface area contributed by atoms with E-state index in [2.05, 4.69) is 4.98 Å². The van der Waals surface area contributed by atoms with Crippen LogP contribution in [0, 0.1) is 0 Å². The number of ether oxygens (including phenoxy) is 3. The quantitative estimate of drug-likeness (QED) is 0.506. The molecule has 1 heterocycles. The topological polar surface area (TPSA) is 70.8 Å². The Morgan fingerprint density at radius 2 is 1.82 bits per heavy atom. The van der Waals surface area contributed by atoms with E-state index in [4.69, 9.17) is 18.6 Å². The van der Waals surface area contributed by atoms with Crippen molar-refractivity contribution in [2.45, 2.75) is 19.8 Å². The number of ketones is 1. The lowest BCUT2D eigenvalue weighted by Crippen LogP contribution is -2.05. The molecule has 0 atom stereocenters. The van der Waals surface area contributed by atoms with E-state index < -0.39 is 0 Å². The van der Waals surface area contributed by atoms with E-state index in [1.54, 1.807) is 38.7 Å². The summed E-state index contributed by atoms with van der Waals surface area (Å²) in [7, 11) is 3.16. The third-order valence-electron chi connectivity index (χ3n) is 4.28. The zero-order chi connectivity index (χ0) is 19.9. The van der Waals surface area contributed by atoms with E-state index in [9.17, 15) is 4.79 Å². The van der Waals surface area contributed by atoms with Crippen LogP contribution in [0.25, 0.3) is 11.5 Å². The van der Waals surface area contributed by atoms with Gasteiger partial charge in [0.15, 0.2) is 17.3 Å². The molecule has 1 aromatic heterocycles. The monoisotopic (exact) mass is 381 g/mol. The average Bonchev–Trinajstić information content (AvgIpc) is 3.21. The highest BCUT2D eigenvalue weighted by Gasteiger charge is 2.15. The van der Waals surface area contributed by atoms with Gasteiger partial charge in [-0.2, -0.15) is 0 Å². The first-order valence-corrected chi connectivity index (χ1v) is 9.08. The number of methoxy groups -OCH3 is 2. The molecule has 0 N–H and O–H groups in total. The van der Waals surface area contributed by atoms with Gasteiger partial charge in [-0.05, 0) is 37.3 Å². The number of benzene rings is 2. The summed E-state index contributed by atoms with van der Waals surface area (Å²) >= 11 is 0. The van der Waals surface area contributed by atoms with Gasteiger partial charge in [0, 0.05) is 18.4 Å². The Kier molecular flexibility index (Phi) is 6.32. The number of carbonyl (C=O) groups is 1. The summed E-state index contributed by atoms with van der Waals surface area (Å²) in [4.78, 5) is 17.1. The highest BCUT2D eigenvalue weighted by Crippen LogP contribution is 2.32. The van der Waals surface area contributed by atoms with Crippen molar-refractivity contribution >= 4 is 5.78 Å². The fourth-order valence-corrected chi connectivity index (χ4v) is 2.88. The van der Waals surface area contributed by atoms with Gasteiger partial charge in [0.25, 0.3) is 0 Å². The van der Waals surface area contributed by atoms with Crippen LogP contribution in [0.3, 0.4) is 0 Å². The Bertz CT molecular complexity index is 948. The van der Waals surface area contributed by atoms with Crippen LogP contribution in [0.1, 0.15) is 29.4 Å².